The predicted molar refractivity (Wildman–Crippen MR) is 101 cm³/mol. The highest BCUT2D eigenvalue weighted by atomic mass is 19.3. The van der Waals surface area contributed by atoms with Crippen molar-refractivity contribution < 1.29 is 23.1 Å². The zero-order valence-corrected chi connectivity index (χ0v) is 15.1. The third-order valence-electron chi connectivity index (χ3n) is 4.45. The number of piperidine rings is 1. The molecule has 1 fully saturated rings. The molecule has 28 heavy (non-hydrogen) atoms. The Kier molecular flexibility index (Phi) is 6.41. The lowest BCUT2D eigenvalue weighted by Gasteiger charge is -2.32. The fourth-order valence-corrected chi connectivity index (χ4v) is 3.06. The molecule has 0 bridgehead atoms. The van der Waals surface area contributed by atoms with Crippen LogP contribution in [0.25, 0.3) is 0 Å². The molecule has 8 heteroatoms. The van der Waals surface area contributed by atoms with E-state index in [2.05, 4.69) is 15.4 Å². The van der Waals surface area contributed by atoms with E-state index < -0.39 is 6.61 Å². The summed E-state index contributed by atoms with van der Waals surface area (Å²) in [6.07, 6.45) is 1.40. The van der Waals surface area contributed by atoms with Crippen molar-refractivity contribution in [1.82, 2.24) is 4.90 Å². The maximum Gasteiger partial charge on any atom is 0.387 e. The molecule has 2 aromatic rings. The van der Waals surface area contributed by atoms with E-state index in [1.807, 2.05) is 18.2 Å². The van der Waals surface area contributed by atoms with E-state index in [9.17, 15) is 18.4 Å². The van der Waals surface area contributed by atoms with Gasteiger partial charge in [0, 0.05) is 24.5 Å². The number of carbonyl (C=O) groups is 2. The summed E-state index contributed by atoms with van der Waals surface area (Å²) in [4.78, 5) is 26.6. The smallest absolute Gasteiger partial charge is 0.387 e. The maximum absolute atomic E-state index is 12.5. The van der Waals surface area contributed by atoms with Crippen LogP contribution in [0.4, 0.5) is 25.0 Å². The van der Waals surface area contributed by atoms with E-state index in [1.54, 1.807) is 17.0 Å². The monoisotopic (exact) mass is 389 g/mol. The van der Waals surface area contributed by atoms with E-state index in [0.717, 1.165) is 6.42 Å². The number of likely N-dealkylation sites (tertiary alicyclic amines) is 1. The number of anilines is 2. The number of halogens is 2. The van der Waals surface area contributed by atoms with E-state index in [1.165, 1.54) is 24.3 Å². The molecule has 3 rings (SSSR count). The summed E-state index contributed by atoms with van der Waals surface area (Å²) >= 11 is 0. The van der Waals surface area contributed by atoms with Gasteiger partial charge in [-0.1, -0.05) is 18.2 Å². The van der Waals surface area contributed by atoms with Gasteiger partial charge in [-0.2, -0.15) is 8.78 Å². The highest BCUT2D eigenvalue weighted by molar-refractivity contribution is 5.94. The SMILES string of the molecule is O=C(Nc1ccc(OC(F)F)cc1)[C@H]1CCCN(C(=O)Nc2ccccc2)C1. The van der Waals surface area contributed by atoms with Gasteiger partial charge in [-0.15, -0.1) is 0 Å². The van der Waals surface area contributed by atoms with Gasteiger partial charge in [0.05, 0.1) is 5.92 Å². The van der Waals surface area contributed by atoms with Gasteiger partial charge in [0.2, 0.25) is 5.91 Å². The number of hydrogen-bond acceptors (Lipinski definition) is 3. The number of urea groups is 1. The summed E-state index contributed by atoms with van der Waals surface area (Å²) in [6.45, 7) is -1.99. The number of alkyl halides is 2. The second kappa shape index (κ2) is 9.16. The molecule has 2 aromatic carbocycles. The lowest BCUT2D eigenvalue weighted by atomic mass is 9.97. The molecule has 6 nitrogen and oxygen atoms in total. The highest BCUT2D eigenvalue weighted by Crippen LogP contribution is 2.22. The van der Waals surface area contributed by atoms with Gasteiger partial charge < -0.3 is 20.3 Å². The molecule has 0 aromatic heterocycles. The molecule has 0 saturated carbocycles. The van der Waals surface area contributed by atoms with Gasteiger partial charge in [0.15, 0.2) is 0 Å². The van der Waals surface area contributed by atoms with Gasteiger partial charge in [-0.05, 0) is 49.2 Å². The molecule has 148 valence electrons. The third-order valence-corrected chi connectivity index (χ3v) is 4.45. The Morgan fingerprint density at radius 1 is 1.00 bits per heavy atom. The van der Waals surface area contributed by atoms with Crippen molar-refractivity contribution in [3.05, 3.63) is 54.6 Å². The quantitative estimate of drug-likeness (QED) is 0.806. The van der Waals surface area contributed by atoms with Crippen molar-refractivity contribution in [3.8, 4) is 5.75 Å². The second-order valence-corrected chi connectivity index (χ2v) is 6.47. The predicted octanol–water partition coefficient (Wildman–Crippen LogP) is 4.17. The fraction of sp³-hybridized carbons (Fsp3) is 0.300. The lowest BCUT2D eigenvalue weighted by Crippen LogP contribution is -2.45. The number of hydrogen-bond donors (Lipinski definition) is 2. The topological polar surface area (TPSA) is 70.7 Å². The number of amides is 3. The number of nitrogens with one attached hydrogen (secondary N) is 2. The minimum absolute atomic E-state index is 0.0226. The van der Waals surface area contributed by atoms with Crippen molar-refractivity contribution in [2.24, 2.45) is 5.92 Å². The Hall–Kier alpha value is -3.16. The normalized spacial score (nSPS) is 16.5. The van der Waals surface area contributed by atoms with Crippen LogP contribution in [0.3, 0.4) is 0 Å². The second-order valence-electron chi connectivity index (χ2n) is 6.47. The standard InChI is InChI=1S/C20H21F2N3O3/c21-19(22)28-17-10-8-16(9-11-17)23-18(26)14-5-4-12-25(13-14)20(27)24-15-6-2-1-3-7-15/h1-3,6-11,14,19H,4-5,12-13H2,(H,23,26)(H,24,27)/t14-/m0/s1. The fourth-order valence-electron chi connectivity index (χ4n) is 3.06. The first kappa shape index (κ1) is 19.6. The van der Waals surface area contributed by atoms with Gasteiger partial charge in [0.25, 0.3) is 0 Å². The van der Waals surface area contributed by atoms with Crippen LogP contribution in [-0.2, 0) is 4.79 Å². The average Bonchev–Trinajstić information content (AvgIpc) is 2.70. The molecule has 1 saturated heterocycles. The zero-order chi connectivity index (χ0) is 19.9. The summed E-state index contributed by atoms with van der Waals surface area (Å²) in [7, 11) is 0. The van der Waals surface area contributed by atoms with Crippen LogP contribution in [0.2, 0.25) is 0 Å². The Morgan fingerprint density at radius 2 is 1.68 bits per heavy atom. The number of carbonyl (C=O) groups excluding carboxylic acids is 2. The molecule has 0 unspecified atom stereocenters. The summed E-state index contributed by atoms with van der Waals surface area (Å²) in [5.41, 5.74) is 1.18. The van der Waals surface area contributed by atoms with Gasteiger partial charge >= 0.3 is 12.6 Å². The first-order valence-corrected chi connectivity index (χ1v) is 8.98. The summed E-state index contributed by atoms with van der Waals surface area (Å²) < 4.78 is 28.7. The highest BCUT2D eigenvalue weighted by Gasteiger charge is 2.28. The van der Waals surface area contributed by atoms with Crippen molar-refractivity contribution >= 4 is 23.3 Å². The first-order valence-electron chi connectivity index (χ1n) is 8.98. The molecule has 0 spiro atoms. The number of nitrogens with zero attached hydrogens (tertiary/aromatic N) is 1. The number of para-hydroxylation sites is 1. The van der Waals surface area contributed by atoms with Crippen molar-refractivity contribution in [3.63, 3.8) is 0 Å². The summed E-state index contributed by atoms with van der Waals surface area (Å²) in [6, 6.07) is 14.6. The van der Waals surface area contributed by atoms with Crippen LogP contribution in [0.1, 0.15) is 12.8 Å². The maximum atomic E-state index is 12.5. The minimum Gasteiger partial charge on any atom is -0.435 e. The van der Waals surface area contributed by atoms with Crippen LogP contribution in [-0.4, -0.2) is 36.5 Å². The largest absolute Gasteiger partial charge is 0.435 e. The van der Waals surface area contributed by atoms with E-state index in [-0.39, 0.29) is 23.6 Å². The van der Waals surface area contributed by atoms with Crippen LogP contribution in [0.5, 0.6) is 5.75 Å². The van der Waals surface area contributed by atoms with Crippen LogP contribution in [0, 0.1) is 5.92 Å². The number of ether oxygens (including phenoxy) is 1. The van der Waals surface area contributed by atoms with E-state index >= 15 is 0 Å². The van der Waals surface area contributed by atoms with E-state index in [0.29, 0.717) is 30.9 Å². The molecule has 3 amide bonds. The average molecular weight is 389 g/mol. The number of rotatable bonds is 5. The molecule has 1 aliphatic rings. The molecular weight excluding hydrogens is 368 g/mol. The van der Waals surface area contributed by atoms with Crippen LogP contribution >= 0.6 is 0 Å². The van der Waals surface area contributed by atoms with Crippen LogP contribution < -0.4 is 15.4 Å². The minimum atomic E-state index is -2.89. The summed E-state index contributed by atoms with van der Waals surface area (Å²) in [5, 5.41) is 5.58. The molecular formula is C20H21F2N3O3. The molecule has 0 aliphatic carbocycles. The van der Waals surface area contributed by atoms with E-state index in [4.69, 9.17) is 0 Å². The van der Waals surface area contributed by atoms with Crippen molar-refractivity contribution in [1.29, 1.82) is 0 Å². The molecule has 1 aliphatic heterocycles. The zero-order valence-electron chi connectivity index (χ0n) is 15.1. The Balaban J connectivity index is 1.54. The Labute approximate surface area is 161 Å². The molecule has 1 atom stereocenters. The Bertz CT molecular complexity index is 800. The molecule has 2 N–H and O–H groups in total. The van der Waals surface area contributed by atoms with Crippen molar-refractivity contribution in [2.75, 3.05) is 23.7 Å². The van der Waals surface area contributed by atoms with Crippen LogP contribution in [0.15, 0.2) is 54.6 Å². The van der Waals surface area contributed by atoms with Gasteiger partial charge in [-0.25, -0.2) is 4.79 Å². The van der Waals surface area contributed by atoms with Gasteiger partial charge in [-0.3, -0.25) is 4.79 Å². The third kappa shape index (κ3) is 5.42. The first-order chi connectivity index (χ1) is 13.5. The lowest BCUT2D eigenvalue weighted by molar-refractivity contribution is -0.121. The summed E-state index contributed by atoms with van der Waals surface area (Å²) in [5.74, 6) is -0.526. The van der Waals surface area contributed by atoms with Gasteiger partial charge in [0.1, 0.15) is 5.75 Å². The molecule has 1 heterocycles. The van der Waals surface area contributed by atoms with Crippen molar-refractivity contribution in [2.45, 2.75) is 19.5 Å². The molecule has 0 radical (unpaired) electrons. The Morgan fingerprint density at radius 3 is 2.36 bits per heavy atom. The number of benzene rings is 2.